The minimum Gasteiger partial charge on any atom is -0.493 e. The van der Waals surface area contributed by atoms with Crippen LogP contribution < -0.4 is 9.47 Å². The fraction of sp³-hybridized carbons (Fsp3) is 0.294. The van der Waals surface area contributed by atoms with Crippen molar-refractivity contribution >= 4 is 11.6 Å². The molecule has 0 aromatic heterocycles. The summed E-state index contributed by atoms with van der Waals surface area (Å²) < 4.78 is 10.5. The first-order chi connectivity index (χ1) is 10.2. The van der Waals surface area contributed by atoms with E-state index in [0.29, 0.717) is 22.1 Å². The van der Waals surface area contributed by atoms with Crippen LogP contribution in [-0.2, 0) is 6.42 Å². The van der Waals surface area contributed by atoms with E-state index < -0.39 is 6.10 Å². The molecule has 1 aliphatic rings. The van der Waals surface area contributed by atoms with E-state index >= 15 is 0 Å². The lowest BCUT2D eigenvalue weighted by molar-refractivity contribution is 0.134. The molecule has 0 saturated carbocycles. The average molecular weight is 305 g/mol. The number of ether oxygens (including phenoxy) is 2. The molecule has 0 radical (unpaired) electrons. The first-order valence-electron chi connectivity index (χ1n) is 6.83. The average Bonchev–Trinajstić information content (AvgIpc) is 2.48. The lowest BCUT2D eigenvalue weighted by atomic mass is 9.73. The maximum atomic E-state index is 10.7. The van der Waals surface area contributed by atoms with Gasteiger partial charge in [0, 0.05) is 17.5 Å². The van der Waals surface area contributed by atoms with Crippen molar-refractivity contribution in [2.24, 2.45) is 0 Å². The number of fused-ring (bicyclic) bond motifs is 1. The van der Waals surface area contributed by atoms with Crippen molar-refractivity contribution in [3.63, 3.8) is 0 Å². The highest BCUT2D eigenvalue weighted by Crippen LogP contribution is 2.46. The van der Waals surface area contributed by atoms with Crippen LogP contribution in [0.2, 0.25) is 5.02 Å². The quantitative estimate of drug-likeness (QED) is 0.935. The molecular weight excluding hydrogens is 288 g/mol. The molecule has 2 unspecified atom stereocenters. The number of aliphatic hydroxyl groups is 1. The number of halogens is 1. The van der Waals surface area contributed by atoms with Gasteiger partial charge in [-0.3, -0.25) is 0 Å². The molecule has 2 atom stereocenters. The fourth-order valence-corrected chi connectivity index (χ4v) is 3.16. The Balaban J connectivity index is 1.94. The van der Waals surface area contributed by atoms with E-state index in [-0.39, 0.29) is 5.92 Å². The Morgan fingerprint density at radius 2 is 1.81 bits per heavy atom. The Labute approximate surface area is 129 Å². The van der Waals surface area contributed by atoms with Gasteiger partial charge in [0.25, 0.3) is 0 Å². The van der Waals surface area contributed by atoms with Gasteiger partial charge in [-0.05, 0) is 23.6 Å². The Morgan fingerprint density at radius 3 is 2.48 bits per heavy atom. The summed E-state index contributed by atoms with van der Waals surface area (Å²) in [6.07, 6.45) is 0.217. The van der Waals surface area contributed by atoms with Gasteiger partial charge in [0.2, 0.25) is 0 Å². The third-order valence-electron chi connectivity index (χ3n) is 4.10. The second kappa shape index (κ2) is 5.58. The first-order valence-corrected chi connectivity index (χ1v) is 7.20. The Hall–Kier alpha value is -1.71. The number of aliphatic hydroxyl groups excluding tert-OH is 1. The lowest BCUT2D eigenvalue weighted by Gasteiger charge is -2.34. The minimum atomic E-state index is -0.646. The molecule has 2 aromatic carbocycles. The molecule has 110 valence electrons. The second-order valence-corrected chi connectivity index (χ2v) is 5.59. The molecule has 0 spiro atoms. The lowest BCUT2D eigenvalue weighted by Crippen LogP contribution is -2.23. The molecule has 1 N–H and O–H groups in total. The normalized spacial score (nSPS) is 17.6. The maximum Gasteiger partial charge on any atom is 0.162 e. The molecule has 1 aliphatic carbocycles. The largest absolute Gasteiger partial charge is 0.493 e. The van der Waals surface area contributed by atoms with Gasteiger partial charge in [-0.1, -0.05) is 35.9 Å². The van der Waals surface area contributed by atoms with Crippen LogP contribution >= 0.6 is 11.6 Å². The molecule has 3 rings (SSSR count). The van der Waals surface area contributed by atoms with E-state index in [2.05, 4.69) is 12.1 Å². The van der Waals surface area contributed by atoms with Gasteiger partial charge < -0.3 is 14.6 Å². The van der Waals surface area contributed by atoms with Gasteiger partial charge >= 0.3 is 0 Å². The fourth-order valence-electron chi connectivity index (χ4n) is 2.89. The smallest absolute Gasteiger partial charge is 0.162 e. The third kappa shape index (κ3) is 2.37. The van der Waals surface area contributed by atoms with E-state index in [0.717, 1.165) is 6.42 Å². The van der Waals surface area contributed by atoms with Crippen molar-refractivity contribution in [3.05, 3.63) is 58.1 Å². The molecule has 4 heteroatoms. The van der Waals surface area contributed by atoms with Crippen LogP contribution in [0.3, 0.4) is 0 Å². The van der Waals surface area contributed by atoms with Crippen molar-refractivity contribution in [2.45, 2.75) is 18.4 Å². The molecule has 21 heavy (non-hydrogen) atoms. The van der Waals surface area contributed by atoms with Crippen LogP contribution in [0.1, 0.15) is 28.7 Å². The summed E-state index contributed by atoms with van der Waals surface area (Å²) >= 11 is 6.29. The predicted molar refractivity (Wildman–Crippen MR) is 82.4 cm³/mol. The summed E-state index contributed by atoms with van der Waals surface area (Å²) in [5.41, 5.74) is 3.16. The second-order valence-electron chi connectivity index (χ2n) is 5.18. The van der Waals surface area contributed by atoms with E-state index in [1.54, 1.807) is 26.4 Å². The number of hydrogen-bond donors (Lipinski definition) is 1. The zero-order valence-electron chi connectivity index (χ0n) is 12.0. The van der Waals surface area contributed by atoms with Crippen LogP contribution in [0.15, 0.2) is 36.4 Å². The molecule has 0 bridgehead atoms. The molecule has 0 amide bonds. The summed E-state index contributed by atoms with van der Waals surface area (Å²) in [6, 6.07) is 11.6. The Bertz CT molecular complexity index is 669. The zero-order valence-corrected chi connectivity index (χ0v) is 12.7. The van der Waals surface area contributed by atoms with Crippen molar-refractivity contribution in [1.82, 2.24) is 0 Å². The predicted octanol–water partition coefficient (Wildman–Crippen LogP) is 3.73. The summed E-state index contributed by atoms with van der Waals surface area (Å²) in [6.45, 7) is 0. The van der Waals surface area contributed by atoms with Gasteiger partial charge in [-0.15, -0.1) is 0 Å². The Morgan fingerprint density at radius 1 is 1.14 bits per heavy atom. The summed E-state index contributed by atoms with van der Waals surface area (Å²) in [5, 5.41) is 11.2. The maximum absolute atomic E-state index is 10.7. The highest BCUT2D eigenvalue weighted by atomic mass is 35.5. The summed E-state index contributed by atoms with van der Waals surface area (Å²) in [5.74, 6) is 1.22. The van der Waals surface area contributed by atoms with Gasteiger partial charge in [0.15, 0.2) is 11.5 Å². The topological polar surface area (TPSA) is 38.7 Å². The molecule has 0 saturated heterocycles. The van der Waals surface area contributed by atoms with Crippen molar-refractivity contribution in [1.29, 1.82) is 0 Å². The van der Waals surface area contributed by atoms with Crippen LogP contribution in [0.4, 0.5) is 0 Å². The van der Waals surface area contributed by atoms with Crippen molar-refractivity contribution in [2.75, 3.05) is 14.2 Å². The number of benzene rings is 2. The van der Waals surface area contributed by atoms with Gasteiger partial charge in [0.1, 0.15) is 0 Å². The number of hydrogen-bond acceptors (Lipinski definition) is 3. The van der Waals surface area contributed by atoms with Crippen LogP contribution in [0.25, 0.3) is 0 Å². The van der Waals surface area contributed by atoms with Gasteiger partial charge in [0.05, 0.1) is 25.3 Å². The minimum absolute atomic E-state index is 0.0804. The molecule has 2 aromatic rings. The van der Waals surface area contributed by atoms with Crippen molar-refractivity contribution in [3.8, 4) is 11.5 Å². The zero-order chi connectivity index (χ0) is 15.0. The number of rotatable bonds is 4. The van der Waals surface area contributed by atoms with Crippen molar-refractivity contribution < 1.29 is 14.6 Å². The standard InChI is InChI=1S/C17H17ClO3/c1-20-15-8-13(14(18)9-16(15)21-2)17(19)12-7-10-5-3-4-6-11(10)12/h3-6,8-9,12,17,19H,7H2,1-2H3. The molecule has 0 aliphatic heterocycles. The highest BCUT2D eigenvalue weighted by Gasteiger charge is 2.34. The molecular formula is C17H17ClO3. The molecule has 0 fully saturated rings. The van der Waals surface area contributed by atoms with Crippen LogP contribution in [0, 0.1) is 0 Å². The van der Waals surface area contributed by atoms with Gasteiger partial charge in [-0.2, -0.15) is 0 Å². The van der Waals surface area contributed by atoms with Gasteiger partial charge in [-0.25, -0.2) is 0 Å². The van der Waals surface area contributed by atoms with E-state index in [1.165, 1.54) is 11.1 Å². The van der Waals surface area contributed by atoms with Crippen LogP contribution in [0.5, 0.6) is 11.5 Å². The van der Waals surface area contributed by atoms with E-state index in [9.17, 15) is 5.11 Å². The molecule has 0 heterocycles. The van der Waals surface area contributed by atoms with E-state index in [1.807, 2.05) is 12.1 Å². The third-order valence-corrected chi connectivity index (χ3v) is 4.42. The van der Waals surface area contributed by atoms with Crippen LogP contribution in [-0.4, -0.2) is 19.3 Å². The summed E-state index contributed by atoms with van der Waals surface area (Å²) in [4.78, 5) is 0. The first kappa shape index (κ1) is 14.2. The molecule has 3 nitrogen and oxygen atoms in total. The highest BCUT2D eigenvalue weighted by molar-refractivity contribution is 6.31. The summed E-state index contributed by atoms with van der Waals surface area (Å²) in [7, 11) is 3.13. The Kier molecular flexibility index (Phi) is 3.79. The SMILES string of the molecule is COc1cc(Cl)c(C(O)C2Cc3ccccc32)cc1OC. The monoisotopic (exact) mass is 304 g/mol. The number of methoxy groups -OCH3 is 2. The van der Waals surface area contributed by atoms with E-state index in [4.69, 9.17) is 21.1 Å².